The molecule has 4 rings (SSSR count). The number of nitrogens with one attached hydrogen (secondary N) is 1. The molecule has 2 unspecified atom stereocenters. The fourth-order valence-corrected chi connectivity index (χ4v) is 4.96. The number of rotatable bonds is 5. The maximum atomic E-state index is 13.0. The largest absolute Gasteiger partial charge is 0.378 e. The summed E-state index contributed by atoms with van der Waals surface area (Å²) in [6.45, 7) is 3.79. The fourth-order valence-electron chi connectivity index (χ4n) is 4.30. The van der Waals surface area contributed by atoms with Gasteiger partial charge in [-0.05, 0) is 73.0 Å². The number of carbonyl (C=O) groups is 1. The van der Waals surface area contributed by atoms with Crippen molar-refractivity contribution in [3.8, 4) is 0 Å². The van der Waals surface area contributed by atoms with Crippen LogP contribution >= 0.6 is 23.7 Å². The van der Waals surface area contributed by atoms with Crippen molar-refractivity contribution in [1.82, 2.24) is 10.2 Å². The predicted molar refractivity (Wildman–Crippen MR) is 98.6 cm³/mol. The van der Waals surface area contributed by atoms with Crippen LogP contribution in [0.1, 0.15) is 44.1 Å². The molecular weight excluding hydrogens is 344 g/mol. The van der Waals surface area contributed by atoms with Crippen LogP contribution in [0.15, 0.2) is 16.8 Å². The topological polar surface area (TPSA) is 41.6 Å². The molecule has 6 heteroatoms. The molecule has 1 aliphatic carbocycles. The van der Waals surface area contributed by atoms with Gasteiger partial charge in [0, 0.05) is 19.2 Å². The normalized spacial score (nSPS) is 27.7. The average Bonchev–Trinajstić information content (AvgIpc) is 2.99. The summed E-state index contributed by atoms with van der Waals surface area (Å²) in [4.78, 5) is 15.1. The minimum absolute atomic E-state index is 0. The Balaban J connectivity index is 0.00000169. The van der Waals surface area contributed by atoms with Gasteiger partial charge in [-0.25, -0.2) is 0 Å². The standard InChI is InChI=1S/C18H26N2O2S.ClH/c21-17(10-15-2-1-8-22-15)20(12-14-3-9-23-13-14)16-11-18(16)4-6-19-7-5-18;/h3,9,13,15-16,19H,1-2,4-8,10-12H2;1H. The Bertz CT molecular complexity index is 539. The Morgan fingerprint density at radius 2 is 2.25 bits per heavy atom. The molecule has 24 heavy (non-hydrogen) atoms. The van der Waals surface area contributed by atoms with Crippen molar-refractivity contribution in [1.29, 1.82) is 0 Å². The average molecular weight is 371 g/mol. The van der Waals surface area contributed by atoms with Crippen molar-refractivity contribution in [3.05, 3.63) is 22.4 Å². The first-order valence-electron chi connectivity index (χ1n) is 8.90. The molecule has 3 fully saturated rings. The molecule has 1 aromatic rings. The lowest BCUT2D eigenvalue weighted by molar-refractivity contribution is -0.135. The van der Waals surface area contributed by atoms with Gasteiger partial charge in [-0.2, -0.15) is 11.3 Å². The lowest BCUT2D eigenvalue weighted by Crippen LogP contribution is -2.40. The monoisotopic (exact) mass is 370 g/mol. The molecule has 2 saturated heterocycles. The molecule has 3 aliphatic rings. The van der Waals surface area contributed by atoms with Crippen molar-refractivity contribution >= 4 is 29.7 Å². The first kappa shape index (κ1) is 18.2. The Morgan fingerprint density at radius 1 is 1.42 bits per heavy atom. The molecular formula is C18H27ClN2O2S. The van der Waals surface area contributed by atoms with Crippen LogP contribution in [-0.4, -0.2) is 42.6 Å². The van der Waals surface area contributed by atoms with Crippen LogP contribution in [0.3, 0.4) is 0 Å². The van der Waals surface area contributed by atoms with E-state index < -0.39 is 0 Å². The van der Waals surface area contributed by atoms with E-state index >= 15 is 0 Å². The van der Waals surface area contributed by atoms with Gasteiger partial charge in [0.2, 0.25) is 5.91 Å². The summed E-state index contributed by atoms with van der Waals surface area (Å²) in [7, 11) is 0. The van der Waals surface area contributed by atoms with Gasteiger partial charge >= 0.3 is 0 Å². The Morgan fingerprint density at radius 3 is 2.92 bits per heavy atom. The third kappa shape index (κ3) is 3.79. The van der Waals surface area contributed by atoms with Crippen LogP contribution in [0.2, 0.25) is 0 Å². The lowest BCUT2D eigenvalue weighted by Gasteiger charge is -2.30. The maximum absolute atomic E-state index is 13.0. The van der Waals surface area contributed by atoms with Crippen molar-refractivity contribution in [2.75, 3.05) is 19.7 Å². The van der Waals surface area contributed by atoms with Crippen LogP contribution in [0, 0.1) is 5.41 Å². The van der Waals surface area contributed by atoms with E-state index in [0.29, 0.717) is 23.8 Å². The van der Waals surface area contributed by atoms with Crippen LogP contribution < -0.4 is 5.32 Å². The molecule has 134 valence electrons. The van der Waals surface area contributed by atoms with E-state index in [1.165, 1.54) is 24.8 Å². The van der Waals surface area contributed by atoms with E-state index in [-0.39, 0.29) is 18.5 Å². The second-order valence-electron chi connectivity index (χ2n) is 7.32. The van der Waals surface area contributed by atoms with Gasteiger partial charge < -0.3 is 15.0 Å². The van der Waals surface area contributed by atoms with Crippen LogP contribution in [0.25, 0.3) is 0 Å². The molecule has 1 spiro atoms. The molecule has 2 aliphatic heterocycles. The molecule has 0 radical (unpaired) electrons. The highest BCUT2D eigenvalue weighted by molar-refractivity contribution is 7.07. The fraction of sp³-hybridized carbons (Fsp3) is 0.722. The summed E-state index contributed by atoms with van der Waals surface area (Å²) in [5, 5.41) is 7.72. The second-order valence-corrected chi connectivity index (χ2v) is 8.10. The number of piperidine rings is 1. The highest BCUT2D eigenvalue weighted by atomic mass is 35.5. The predicted octanol–water partition coefficient (Wildman–Crippen LogP) is 3.21. The van der Waals surface area contributed by atoms with Gasteiger partial charge in [0.15, 0.2) is 0 Å². The number of nitrogens with zero attached hydrogens (tertiary/aromatic N) is 1. The van der Waals surface area contributed by atoms with Gasteiger partial charge in [-0.3, -0.25) is 4.79 Å². The molecule has 0 bridgehead atoms. The molecule has 1 aromatic heterocycles. The van der Waals surface area contributed by atoms with Crippen LogP contribution in [-0.2, 0) is 16.1 Å². The van der Waals surface area contributed by atoms with E-state index in [0.717, 1.165) is 39.1 Å². The van der Waals surface area contributed by atoms with Gasteiger partial charge in [-0.1, -0.05) is 0 Å². The minimum atomic E-state index is 0. The summed E-state index contributed by atoms with van der Waals surface area (Å²) in [5.74, 6) is 0.295. The SMILES string of the molecule is Cl.O=C(CC1CCCO1)N(Cc1ccsc1)C1CC12CCNCC2. The van der Waals surface area contributed by atoms with Crippen molar-refractivity contribution in [2.45, 2.75) is 57.2 Å². The molecule has 0 aromatic carbocycles. The van der Waals surface area contributed by atoms with E-state index in [4.69, 9.17) is 4.74 Å². The molecule has 1 amide bonds. The summed E-state index contributed by atoms with van der Waals surface area (Å²) >= 11 is 1.71. The van der Waals surface area contributed by atoms with E-state index in [1.54, 1.807) is 11.3 Å². The molecule has 3 heterocycles. The van der Waals surface area contributed by atoms with Crippen molar-refractivity contribution in [3.63, 3.8) is 0 Å². The zero-order valence-corrected chi connectivity index (χ0v) is 15.7. The minimum Gasteiger partial charge on any atom is -0.378 e. The molecule has 1 N–H and O–H groups in total. The van der Waals surface area contributed by atoms with E-state index in [2.05, 4.69) is 27.0 Å². The highest BCUT2D eigenvalue weighted by Crippen LogP contribution is 2.56. The zero-order chi connectivity index (χ0) is 15.7. The Labute approximate surface area is 154 Å². The number of ether oxygens (including phenoxy) is 1. The first-order valence-corrected chi connectivity index (χ1v) is 9.84. The zero-order valence-electron chi connectivity index (χ0n) is 14.0. The third-order valence-electron chi connectivity index (χ3n) is 5.80. The summed E-state index contributed by atoms with van der Waals surface area (Å²) in [5.41, 5.74) is 1.67. The van der Waals surface area contributed by atoms with Crippen LogP contribution in [0.5, 0.6) is 0 Å². The smallest absolute Gasteiger partial charge is 0.225 e. The number of amides is 1. The van der Waals surface area contributed by atoms with Gasteiger partial charge in [-0.15, -0.1) is 12.4 Å². The highest BCUT2D eigenvalue weighted by Gasteiger charge is 2.57. The number of thiophene rings is 1. The van der Waals surface area contributed by atoms with E-state index in [1.807, 2.05) is 0 Å². The lowest BCUT2D eigenvalue weighted by atomic mass is 9.93. The Kier molecular flexibility index (Phi) is 5.85. The summed E-state index contributed by atoms with van der Waals surface area (Å²) < 4.78 is 5.69. The van der Waals surface area contributed by atoms with Gasteiger partial charge in [0.25, 0.3) is 0 Å². The Hall–Kier alpha value is -0.620. The van der Waals surface area contributed by atoms with Crippen LogP contribution in [0.4, 0.5) is 0 Å². The molecule has 1 saturated carbocycles. The third-order valence-corrected chi connectivity index (χ3v) is 6.53. The molecule has 4 nitrogen and oxygen atoms in total. The summed E-state index contributed by atoms with van der Waals surface area (Å²) in [6.07, 6.45) is 6.47. The quantitative estimate of drug-likeness (QED) is 0.865. The van der Waals surface area contributed by atoms with E-state index in [9.17, 15) is 4.79 Å². The number of carbonyl (C=O) groups excluding carboxylic acids is 1. The second kappa shape index (κ2) is 7.73. The number of hydrogen-bond acceptors (Lipinski definition) is 4. The maximum Gasteiger partial charge on any atom is 0.225 e. The number of hydrogen-bond donors (Lipinski definition) is 1. The van der Waals surface area contributed by atoms with Gasteiger partial charge in [0.1, 0.15) is 0 Å². The summed E-state index contributed by atoms with van der Waals surface area (Å²) in [6, 6.07) is 2.59. The van der Waals surface area contributed by atoms with Crippen molar-refractivity contribution in [2.24, 2.45) is 5.41 Å². The first-order chi connectivity index (χ1) is 11.3. The van der Waals surface area contributed by atoms with Gasteiger partial charge in [0.05, 0.1) is 12.5 Å². The number of halogens is 1. The molecule has 2 atom stereocenters. The van der Waals surface area contributed by atoms with Crippen molar-refractivity contribution < 1.29 is 9.53 Å².